The summed E-state index contributed by atoms with van der Waals surface area (Å²) < 4.78 is 5.44. The van der Waals surface area contributed by atoms with Gasteiger partial charge in [-0.3, -0.25) is 10.1 Å². The fourth-order valence-electron chi connectivity index (χ4n) is 3.99. The highest BCUT2D eigenvalue weighted by atomic mass is 35.5. The van der Waals surface area contributed by atoms with Crippen LogP contribution in [-0.4, -0.2) is 12.0 Å². The van der Waals surface area contributed by atoms with E-state index in [0.717, 1.165) is 23.2 Å². The van der Waals surface area contributed by atoms with Crippen molar-refractivity contribution in [2.24, 2.45) is 5.92 Å². The van der Waals surface area contributed by atoms with Gasteiger partial charge in [0.1, 0.15) is 5.75 Å². The zero-order valence-corrected chi connectivity index (χ0v) is 15.4. The summed E-state index contributed by atoms with van der Waals surface area (Å²) in [6.07, 6.45) is 5.08. The number of benzene rings is 2. The molecule has 2 aromatic rings. The number of nitrogens with one attached hydrogen (secondary N) is 1. The van der Waals surface area contributed by atoms with Crippen LogP contribution >= 0.6 is 23.2 Å². The number of anilines is 1. The molecule has 0 saturated carbocycles. The molecular formula is C19H16Cl2N2O3. The summed E-state index contributed by atoms with van der Waals surface area (Å²) >= 11 is 12.7. The highest BCUT2D eigenvalue weighted by Gasteiger charge is 2.41. The Labute approximate surface area is 160 Å². The van der Waals surface area contributed by atoms with Gasteiger partial charge in [0.2, 0.25) is 0 Å². The molecule has 3 atom stereocenters. The Morgan fingerprint density at radius 3 is 2.81 bits per heavy atom. The lowest BCUT2D eigenvalue weighted by Crippen LogP contribution is -2.29. The highest BCUT2D eigenvalue weighted by Crippen LogP contribution is 2.54. The van der Waals surface area contributed by atoms with Crippen LogP contribution < -0.4 is 10.1 Å². The van der Waals surface area contributed by atoms with E-state index in [1.807, 2.05) is 12.1 Å². The van der Waals surface area contributed by atoms with Gasteiger partial charge >= 0.3 is 0 Å². The van der Waals surface area contributed by atoms with E-state index >= 15 is 0 Å². The van der Waals surface area contributed by atoms with Crippen LogP contribution in [0, 0.1) is 16.0 Å². The maximum Gasteiger partial charge on any atom is 0.273 e. The van der Waals surface area contributed by atoms with E-state index in [1.165, 1.54) is 13.2 Å². The van der Waals surface area contributed by atoms with Crippen molar-refractivity contribution in [2.75, 3.05) is 12.4 Å². The van der Waals surface area contributed by atoms with Crippen molar-refractivity contribution in [3.8, 4) is 5.75 Å². The SMILES string of the molecule is COc1cc([N+](=O)[O-])cc2c1N[C@@H](c1cccc(Cl)c1Cl)[C@@H]1CC=C[C@H]21. The van der Waals surface area contributed by atoms with Gasteiger partial charge in [0.05, 0.1) is 39.9 Å². The van der Waals surface area contributed by atoms with E-state index in [-0.39, 0.29) is 23.6 Å². The summed E-state index contributed by atoms with van der Waals surface area (Å²) in [6, 6.07) is 8.62. The maximum absolute atomic E-state index is 11.3. The number of methoxy groups -OCH3 is 1. The van der Waals surface area contributed by atoms with E-state index in [2.05, 4.69) is 17.5 Å². The minimum Gasteiger partial charge on any atom is -0.494 e. The van der Waals surface area contributed by atoms with Crippen molar-refractivity contribution in [1.29, 1.82) is 0 Å². The Morgan fingerprint density at radius 2 is 2.08 bits per heavy atom. The highest BCUT2D eigenvalue weighted by molar-refractivity contribution is 6.42. The number of nitrogens with zero attached hydrogens (tertiary/aromatic N) is 1. The first-order valence-electron chi connectivity index (χ1n) is 8.24. The lowest BCUT2D eigenvalue weighted by molar-refractivity contribution is -0.385. The molecule has 0 spiro atoms. The topological polar surface area (TPSA) is 64.4 Å². The molecule has 0 bridgehead atoms. The number of hydrogen-bond donors (Lipinski definition) is 1. The summed E-state index contributed by atoms with van der Waals surface area (Å²) in [7, 11) is 1.51. The van der Waals surface area contributed by atoms with Crippen LogP contribution in [0.5, 0.6) is 5.75 Å². The molecule has 1 aliphatic heterocycles. The normalized spacial score (nSPS) is 23.1. The molecule has 0 amide bonds. The Kier molecular flexibility index (Phi) is 4.29. The molecule has 1 aliphatic carbocycles. The predicted octanol–water partition coefficient (Wildman–Crippen LogP) is 5.74. The molecule has 1 N–H and O–H groups in total. The number of non-ortho nitro benzene ring substituents is 1. The minimum atomic E-state index is -0.392. The smallest absolute Gasteiger partial charge is 0.273 e. The molecule has 0 radical (unpaired) electrons. The third-order valence-corrected chi connectivity index (χ3v) is 6.00. The summed E-state index contributed by atoms with van der Waals surface area (Å²) in [5, 5.41) is 15.8. The van der Waals surface area contributed by atoms with Crippen molar-refractivity contribution in [3.05, 3.63) is 73.8 Å². The van der Waals surface area contributed by atoms with Crippen LogP contribution in [0.15, 0.2) is 42.5 Å². The molecule has 1 heterocycles. The fourth-order valence-corrected chi connectivity index (χ4v) is 4.41. The van der Waals surface area contributed by atoms with Crippen molar-refractivity contribution in [2.45, 2.75) is 18.4 Å². The Morgan fingerprint density at radius 1 is 1.27 bits per heavy atom. The van der Waals surface area contributed by atoms with Crippen LogP contribution in [0.1, 0.15) is 29.5 Å². The number of hydrogen-bond acceptors (Lipinski definition) is 4. The second-order valence-corrected chi connectivity index (χ2v) is 7.27. The number of fused-ring (bicyclic) bond motifs is 3. The van der Waals surface area contributed by atoms with Gasteiger partial charge in [-0.25, -0.2) is 0 Å². The lowest BCUT2D eigenvalue weighted by atomic mass is 9.76. The molecule has 26 heavy (non-hydrogen) atoms. The number of nitro benzene ring substituents is 1. The Balaban J connectivity index is 1.88. The maximum atomic E-state index is 11.3. The molecule has 0 saturated heterocycles. The molecule has 5 nitrogen and oxygen atoms in total. The van der Waals surface area contributed by atoms with Gasteiger partial charge in [-0.05, 0) is 29.5 Å². The number of halogens is 2. The third kappa shape index (κ3) is 2.63. The molecular weight excluding hydrogens is 375 g/mol. The van der Waals surface area contributed by atoms with Gasteiger partial charge in [-0.1, -0.05) is 47.5 Å². The monoisotopic (exact) mass is 390 g/mol. The molecule has 0 fully saturated rings. The first kappa shape index (κ1) is 17.2. The first-order chi connectivity index (χ1) is 12.5. The summed E-state index contributed by atoms with van der Waals surface area (Å²) in [4.78, 5) is 10.9. The average molecular weight is 391 g/mol. The summed E-state index contributed by atoms with van der Waals surface area (Å²) in [5.74, 6) is 0.710. The van der Waals surface area contributed by atoms with Gasteiger partial charge in [0, 0.05) is 12.0 Å². The fraction of sp³-hybridized carbons (Fsp3) is 0.263. The second-order valence-electron chi connectivity index (χ2n) is 6.49. The van der Waals surface area contributed by atoms with Crippen LogP contribution in [0.25, 0.3) is 0 Å². The Bertz CT molecular complexity index is 929. The van der Waals surface area contributed by atoms with E-state index < -0.39 is 4.92 Å². The van der Waals surface area contributed by atoms with Crippen molar-refractivity contribution in [1.82, 2.24) is 0 Å². The van der Waals surface area contributed by atoms with Gasteiger partial charge in [-0.2, -0.15) is 0 Å². The third-order valence-electron chi connectivity index (χ3n) is 5.16. The van der Waals surface area contributed by atoms with Gasteiger partial charge in [-0.15, -0.1) is 0 Å². The van der Waals surface area contributed by atoms with E-state index in [0.29, 0.717) is 15.8 Å². The number of nitro groups is 1. The number of rotatable bonds is 3. The van der Waals surface area contributed by atoms with Crippen LogP contribution in [-0.2, 0) is 0 Å². The van der Waals surface area contributed by atoms with Crippen molar-refractivity contribution in [3.63, 3.8) is 0 Å². The van der Waals surface area contributed by atoms with Crippen molar-refractivity contribution >= 4 is 34.6 Å². The molecule has 7 heteroatoms. The van der Waals surface area contributed by atoms with E-state index in [4.69, 9.17) is 27.9 Å². The molecule has 134 valence electrons. The van der Waals surface area contributed by atoms with Gasteiger partial charge < -0.3 is 10.1 Å². The zero-order valence-electron chi connectivity index (χ0n) is 13.9. The minimum absolute atomic E-state index is 0.0284. The second kappa shape index (κ2) is 6.49. The Hall–Kier alpha value is -2.24. The largest absolute Gasteiger partial charge is 0.494 e. The molecule has 0 aromatic heterocycles. The predicted molar refractivity (Wildman–Crippen MR) is 102 cm³/mol. The standard InChI is InChI=1S/C19H16Cl2N2O3/c1-26-16-9-10(23(24)25)8-14-11-4-2-5-12(11)18(22-19(14)16)13-6-3-7-15(20)17(13)21/h2-4,6-9,11-12,18,22H,5H2,1H3/t11-,12+,18+/m0/s1. The van der Waals surface area contributed by atoms with Gasteiger partial charge in [0.15, 0.2) is 0 Å². The molecule has 4 rings (SSSR count). The van der Waals surface area contributed by atoms with E-state index in [1.54, 1.807) is 12.1 Å². The molecule has 2 aromatic carbocycles. The number of ether oxygens (including phenoxy) is 1. The molecule has 2 aliphatic rings. The van der Waals surface area contributed by atoms with Crippen molar-refractivity contribution < 1.29 is 9.66 Å². The molecule has 0 unspecified atom stereocenters. The van der Waals surface area contributed by atoms with Crippen LogP contribution in [0.2, 0.25) is 10.0 Å². The summed E-state index contributed by atoms with van der Waals surface area (Å²) in [5.41, 5.74) is 2.60. The van der Waals surface area contributed by atoms with Crippen LogP contribution in [0.3, 0.4) is 0 Å². The average Bonchev–Trinajstić information content (AvgIpc) is 3.12. The van der Waals surface area contributed by atoms with Crippen LogP contribution in [0.4, 0.5) is 11.4 Å². The number of allylic oxidation sites excluding steroid dienone is 2. The zero-order chi connectivity index (χ0) is 18.4. The van der Waals surface area contributed by atoms with Gasteiger partial charge in [0.25, 0.3) is 5.69 Å². The lowest BCUT2D eigenvalue weighted by Gasteiger charge is -2.38. The first-order valence-corrected chi connectivity index (χ1v) is 9.00. The van der Waals surface area contributed by atoms with E-state index in [9.17, 15) is 10.1 Å². The summed E-state index contributed by atoms with van der Waals surface area (Å²) in [6.45, 7) is 0. The quantitative estimate of drug-likeness (QED) is 0.412.